The first-order chi connectivity index (χ1) is 9.02. The monoisotopic (exact) mass is 283 g/mol. The molecule has 2 N–H and O–H groups in total. The van der Waals surface area contributed by atoms with Gasteiger partial charge in [0.2, 0.25) is 0 Å². The standard InChI is InChI=1S/C14H12ClF2NO/c1-19-9-3-4-10(13(17)7-9)14(18)11-6-8(16)2-5-12(11)15/h2-7,14H,18H2,1H3. The number of hydrogen-bond donors (Lipinski definition) is 1. The number of benzene rings is 2. The van der Waals surface area contributed by atoms with Crippen molar-refractivity contribution >= 4 is 11.6 Å². The van der Waals surface area contributed by atoms with Crippen LogP contribution in [0.2, 0.25) is 5.02 Å². The zero-order chi connectivity index (χ0) is 14.0. The van der Waals surface area contributed by atoms with Gasteiger partial charge in [-0.15, -0.1) is 0 Å². The number of ether oxygens (including phenoxy) is 1. The molecule has 0 amide bonds. The number of hydrogen-bond acceptors (Lipinski definition) is 2. The molecule has 0 saturated carbocycles. The van der Waals surface area contributed by atoms with Crippen molar-refractivity contribution in [2.45, 2.75) is 6.04 Å². The number of halogens is 3. The number of methoxy groups -OCH3 is 1. The molecule has 0 heterocycles. The van der Waals surface area contributed by atoms with Gasteiger partial charge in [-0.05, 0) is 29.8 Å². The molecule has 0 bridgehead atoms. The van der Waals surface area contributed by atoms with E-state index in [0.29, 0.717) is 16.3 Å². The highest BCUT2D eigenvalue weighted by atomic mass is 35.5. The molecule has 0 aliphatic carbocycles. The molecule has 2 rings (SSSR count). The van der Waals surface area contributed by atoms with Gasteiger partial charge in [0.15, 0.2) is 0 Å². The fourth-order valence-corrected chi connectivity index (χ4v) is 2.04. The summed E-state index contributed by atoms with van der Waals surface area (Å²) in [4.78, 5) is 0. The highest BCUT2D eigenvalue weighted by Gasteiger charge is 2.17. The summed E-state index contributed by atoms with van der Waals surface area (Å²) in [5.41, 5.74) is 6.52. The molecule has 100 valence electrons. The average Bonchev–Trinajstić information content (AvgIpc) is 2.40. The maximum atomic E-state index is 13.9. The summed E-state index contributed by atoms with van der Waals surface area (Å²) < 4.78 is 32.0. The second-order valence-electron chi connectivity index (χ2n) is 4.03. The van der Waals surface area contributed by atoms with Crippen molar-refractivity contribution in [2.75, 3.05) is 7.11 Å². The van der Waals surface area contributed by atoms with Crippen LogP contribution in [-0.4, -0.2) is 7.11 Å². The van der Waals surface area contributed by atoms with E-state index in [0.717, 1.165) is 0 Å². The molecule has 19 heavy (non-hydrogen) atoms. The van der Waals surface area contributed by atoms with Gasteiger partial charge in [-0.2, -0.15) is 0 Å². The molecule has 1 atom stereocenters. The maximum absolute atomic E-state index is 13.9. The third-order valence-electron chi connectivity index (χ3n) is 2.84. The lowest BCUT2D eigenvalue weighted by Gasteiger charge is -2.15. The first-order valence-electron chi connectivity index (χ1n) is 5.57. The Labute approximate surface area is 114 Å². The van der Waals surface area contributed by atoms with Crippen molar-refractivity contribution in [2.24, 2.45) is 5.73 Å². The lowest BCUT2D eigenvalue weighted by Crippen LogP contribution is -2.14. The quantitative estimate of drug-likeness (QED) is 0.933. The SMILES string of the molecule is COc1ccc(C(N)c2cc(F)ccc2Cl)c(F)c1. The van der Waals surface area contributed by atoms with Crippen molar-refractivity contribution < 1.29 is 13.5 Å². The Hall–Kier alpha value is -1.65. The number of rotatable bonds is 3. The van der Waals surface area contributed by atoms with Gasteiger partial charge in [0.1, 0.15) is 17.4 Å². The van der Waals surface area contributed by atoms with Crippen molar-refractivity contribution in [3.8, 4) is 5.75 Å². The minimum absolute atomic E-state index is 0.230. The van der Waals surface area contributed by atoms with Gasteiger partial charge in [-0.3, -0.25) is 0 Å². The minimum Gasteiger partial charge on any atom is -0.497 e. The summed E-state index contributed by atoms with van der Waals surface area (Å²) >= 11 is 5.96. The second kappa shape index (κ2) is 5.55. The van der Waals surface area contributed by atoms with Crippen LogP contribution in [0.1, 0.15) is 17.2 Å². The molecule has 1 unspecified atom stereocenters. The van der Waals surface area contributed by atoms with E-state index in [1.54, 1.807) is 6.07 Å². The zero-order valence-electron chi connectivity index (χ0n) is 10.2. The predicted octanol–water partition coefficient (Wildman–Crippen LogP) is 3.67. The van der Waals surface area contributed by atoms with Crippen molar-refractivity contribution in [3.63, 3.8) is 0 Å². The third kappa shape index (κ3) is 2.85. The molecular weight excluding hydrogens is 272 g/mol. The molecule has 2 aromatic carbocycles. The Bertz CT molecular complexity index is 604. The predicted molar refractivity (Wildman–Crippen MR) is 70.4 cm³/mol. The molecule has 5 heteroatoms. The second-order valence-corrected chi connectivity index (χ2v) is 4.44. The summed E-state index contributed by atoms with van der Waals surface area (Å²) in [5, 5.41) is 0.295. The Morgan fingerprint density at radius 3 is 2.47 bits per heavy atom. The van der Waals surface area contributed by atoms with Crippen LogP contribution in [0.3, 0.4) is 0 Å². The summed E-state index contributed by atoms with van der Waals surface area (Å²) in [7, 11) is 1.44. The first-order valence-corrected chi connectivity index (χ1v) is 5.94. The van der Waals surface area contributed by atoms with Crippen LogP contribution in [0.5, 0.6) is 5.75 Å². The molecule has 2 aromatic rings. The smallest absolute Gasteiger partial charge is 0.132 e. The van der Waals surface area contributed by atoms with Gasteiger partial charge in [0.05, 0.1) is 13.2 Å². The van der Waals surface area contributed by atoms with Crippen LogP contribution in [0.15, 0.2) is 36.4 Å². The Morgan fingerprint density at radius 1 is 1.11 bits per heavy atom. The van der Waals surface area contributed by atoms with E-state index in [1.807, 2.05) is 0 Å². The largest absolute Gasteiger partial charge is 0.497 e. The summed E-state index contributed by atoms with van der Waals surface area (Å²) in [5.74, 6) is -0.602. The van der Waals surface area contributed by atoms with Crippen LogP contribution in [0.25, 0.3) is 0 Å². The van der Waals surface area contributed by atoms with Crippen molar-refractivity contribution in [1.82, 2.24) is 0 Å². The molecule has 0 aromatic heterocycles. The Kier molecular flexibility index (Phi) is 4.02. The van der Waals surface area contributed by atoms with Crippen LogP contribution in [0, 0.1) is 11.6 Å². The summed E-state index contributed by atoms with van der Waals surface area (Å²) in [6.45, 7) is 0. The minimum atomic E-state index is -0.839. The fraction of sp³-hybridized carbons (Fsp3) is 0.143. The van der Waals surface area contributed by atoms with Gasteiger partial charge in [0, 0.05) is 16.7 Å². The lowest BCUT2D eigenvalue weighted by molar-refractivity contribution is 0.410. The Balaban J connectivity index is 2.43. The van der Waals surface area contributed by atoms with Crippen LogP contribution < -0.4 is 10.5 Å². The number of nitrogens with two attached hydrogens (primary N) is 1. The van der Waals surface area contributed by atoms with E-state index in [9.17, 15) is 8.78 Å². The van der Waals surface area contributed by atoms with E-state index >= 15 is 0 Å². The summed E-state index contributed by atoms with van der Waals surface area (Å²) in [6.07, 6.45) is 0. The van der Waals surface area contributed by atoms with Crippen LogP contribution >= 0.6 is 11.6 Å². The molecule has 0 saturated heterocycles. The zero-order valence-corrected chi connectivity index (χ0v) is 10.9. The lowest BCUT2D eigenvalue weighted by atomic mass is 9.99. The maximum Gasteiger partial charge on any atom is 0.132 e. The van der Waals surface area contributed by atoms with Gasteiger partial charge in [0.25, 0.3) is 0 Å². The van der Waals surface area contributed by atoms with E-state index in [4.69, 9.17) is 22.1 Å². The molecule has 0 spiro atoms. The molecule has 0 aliphatic heterocycles. The fourth-order valence-electron chi connectivity index (χ4n) is 1.81. The molecule has 2 nitrogen and oxygen atoms in total. The summed E-state index contributed by atoms with van der Waals surface area (Å²) in [6, 6.07) is 7.30. The van der Waals surface area contributed by atoms with Crippen LogP contribution in [-0.2, 0) is 0 Å². The molecule has 0 fully saturated rings. The van der Waals surface area contributed by atoms with Crippen molar-refractivity contribution in [3.05, 3.63) is 64.2 Å². The normalized spacial score (nSPS) is 12.3. The van der Waals surface area contributed by atoms with Gasteiger partial charge >= 0.3 is 0 Å². The molecule has 0 radical (unpaired) electrons. The van der Waals surface area contributed by atoms with E-state index in [2.05, 4.69) is 0 Å². The highest BCUT2D eigenvalue weighted by molar-refractivity contribution is 6.31. The van der Waals surface area contributed by atoms with Gasteiger partial charge < -0.3 is 10.5 Å². The van der Waals surface area contributed by atoms with Crippen LogP contribution in [0.4, 0.5) is 8.78 Å². The van der Waals surface area contributed by atoms with Crippen molar-refractivity contribution in [1.29, 1.82) is 0 Å². The van der Waals surface area contributed by atoms with E-state index in [-0.39, 0.29) is 5.56 Å². The average molecular weight is 284 g/mol. The van der Waals surface area contributed by atoms with Gasteiger partial charge in [-0.25, -0.2) is 8.78 Å². The molecule has 0 aliphatic rings. The van der Waals surface area contributed by atoms with E-state index in [1.165, 1.54) is 37.4 Å². The van der Waals surface area contributed by atoms with Gasteiger partial charge in [-0.1, -0.05) is 17.7 Å². The highest BCUT2D eigenvalue weighted by Crippen LogP contribution is 2.30. The Morgan fingerprint density at radius 2 is 1.84 bits per heavy atom. The topological polar surface area (TPSA) is 35.2 Å². The molecular formula is C14H12ClF2NO. The third-order valence-corrected chi connectivity index (χ3v) is 3.18. The first kappa shape index (κ1) is 13.8. The van der Waals surface area contributed by atoms with E-state index < -0.39 is 17.7 Å².